The van der Waals surface area contributed by atoms with Crippen molar-refractivity contribution in [3.63, 3.8) is 0 Å². The van der Waals surface area contributed by atoms with Crippen molar-refractivity contribution in [3.8, 4) is 5.75 Å². The largest absolute Gasteiger partial charge is 0.487 e. The van der Waals surface area contributed by atoms with Gasteiger partial charge in [0.1, 0.15) is 11.4 Å². The number of sulfonamides is 1. The maximum Gasteiger partial charge on any atom is 0.232 e. The third kappa shape index (κ3) is 5.33. The molecule has 1 amide bonds. The molecule has 0 aliphatic carbocycles. The van der Waals surface area contributed by atoms with Gasteiger partial charge in [-0.3, -0.25) is 9.10 Å². The Hall–Kier alpha value is -2.54. The Morgan fingerprint density at radius 3 is 2.53 bits per heavy atom. The number of hydrogen-bond acceptors (Lipinski definition) is 4. The van der Waals surface area contributed by atoms with Gasteiger partial charge in [0.2, 0.25) is 15.9 Å². The summed E-state index contributed by atoms with van der Waals surface area (Å²) in [7, 11) is -3.44. The van der Waals surface area contributed by atoms with E-state index in [1.54, 1.807) is 6.07 Å². The van der Waals surface area contributed by atoms with E-state index in [1.165, 1.54) is 10.6 Å². The average Bonchev–Trinajstić information content (AvgIpc) is 2.64. The Bertz CT molecular complexity index is 1020. The highest BCUT2D eigenvalue weighted by atomic mass is 32.2. The van der Waals surface area contributed by atoms with Crippen molar-refractivity contribution in [3.05, 3.63) is 59.7 Å². The normalized spacial score (nSPS) is 17.5. The number of amides is 1. The third-order valence-electron chi connectivity index (χ3n) is 5.26. The van der Waals surface area contributed by atoms with Crippen molar-refractivity contribution >= 4 is 21.6 Å². The zero-order valence-corrected chi connectivity index (χ0v) is 18.8. The van der Waals surface area contributed by atoms with Gasteiger partial charge in [-0.05, 0) is 44.9 Å². The van der Waals surface area contributed by atoms with Gasteiger partial charge in [0.25, 0.3) is 0 Å². The Kier molecular flexibility index (Phi) is 6.41. The summed E-state index contributed by atoms with van der Waals surface area (Å²) in [5.41, 5.74) is 2.14. The predicted octanol–water partition coefficient (Wildman–Crippen LogP) is 3.96. The molecular weight excluding hydrogens is 400 g/mol. The summed E-state index contributed by atoms with van der Waals surface area (Å²) in [4.78, 5) is 12.6. The first-order valence-corrected chi connectivity index (χ1v) is 12.0. The first-order valence-electron chi connectivity index (χ1n) is 10.2. The molecular formula is C23H30N2O4S. The lowest BCUT2D eigenvalue weighted by molar-refractivity contribution is -0.122. The number of carbonyl (C=O) groups excluding carboxylic acids is 1. The molecule has 1 aliphatic rings. The summed E-state index contributed by atoms with van der Waals surface area (Å²) < 4.78 is 32.0. The van der Waals surface area contributed by atoms with E-state index in [1.807, 2.05) is 63.2 Å². The lowest BCUT2D eigenvalue weighted by atomic mass is 9.89. The molecule has 1 atom stereocenters. The maximum atomic E-state index is 12.6. The van der Waals surface area contributed by atoms with E-state index in [2.05, 4.69) is 5.32 Å². The SMILES string of the molecule is Cc1ccccc1N(CCCC(=O)N[C@H]1CC(C)(C)Oc2ccccc21)S(C)(=O)=O. The molecule has 3 rings (SSSR count). The number of benzene rings is 2. The number of hydrogen-bond donors (Lipinski definition) is 1. The van der Waals surface area contributed by atoms with Crippen LogP contribution >= 0.6 is 0 Å². The Balaban J connectivity index is 1.64. The molecule has 7 heteroatoms. The van der Waals surface area contributed by atoms with Gasteiger partial charge in [0.05, 0.1) is 18.0 Å². The number of rotatable bonds is 7. The van der Waals surface area contributed by atoms with Crippen molar-refractivity contribution in [2.75, 3.05) is 17.1 Å². The van der Waals surface area contributed by atoms with Crippen LogP contribution in [-0.2, 0) is 14.8 Å². The van der Waals surface area contributed by atoms with E-state index >= 15 is 0 Å². The number of para-hydroxylation sites is 2. The number of nitrogens with zero attached hydrogens (tertiary/aromatic N) is 1. The summed E-state index contributed by atoms with van der Waals surface area (Å²) in [6.45, 7) is 6.15. The van der Waals surface area contributed by atoms with Gasteiger partial charge in [-0.2, -0.15) is 0 Å². The highest BCUT2D eigenvalue weighted by Crippen LogP contribution is 2.39. The molecule has 0 radical (unpaired) electrons. The molecule has 30 heavy (non-hydrogen) atoms. The quantitative estimate of drug-likeness (QED) is 0.721. The summed E-state index contributed by atoms with van der Waals surface area (Å²) >= 11 is 0. The minimum Gasteiger partial charge on any atom is -0.487 e. The molecule has 0 unspecified atom stereocenters. The summed E-state index contributed by atoms with van der Waals surface area (Å²) in [6.07, 6.45) is 2.55. The van der Waals surface area contributed by atoms with Crippen LogP contribution in [0, 0.1) is 6.92 Å². The number of ether oxygens (including phenoxy) is 1. The van der Waals surface area contributed by atoms with Gasteiger partial charge in [-0.15, -0.1) is 0 Å². The molecule has 0 bridgehead atoms. The van der Waals surface area contributed by atoms with Crippen LogP contribution in [0.15, 0.2) is 48.5 Å². The van der Waals surface area contributed by atoms with E-state index in [-0.39, 0.29) is 30.5 Å². The number of fused-ring (bicyclic) bond motifs is 1. The summed E-state index contributed by atoms with van der Waals surface area (Å²) in [5.74, 6) is 0.701. The van der Waals surface area contributed by atoms with E-state index in [0.717, 1.165) is 16.9 Å². The van der Waals surface area contributed by atoms with E-state index in [4.69, 9.17) is 4.74 Å². The standard InChI is InChI=1S/C23H30N2O4S/c1-17-10-5-7-12-20(17)25(30(4,27)28)15-9-14-22(26)24-19-16-23(2,3)29-21-13-8-6-11-18(19)21/h5-8,10-13,19H,9,14-16H2,1-4H3,(H,24,26)/t19-/m0/s1. The zero-order valence-electron chi connectivity index (χ0n) is 18.0. The molecule has 2 aromatic carbocycles. The number of aryl methyl sites for hydroxylation is 1. The smallest absolute Gasteiger partial charge is 0.232 e. The topological polar surface area (TPSA) is 75.7 Å². The molecule has 162 valence electrons. The molecule has 0 spiro atoms. The van der Waals surface area contributed by atoms with E-state index < -0.39 is 10.0 Å². The fraction of sp³-hybridized carbons (Fsp3) is 0.435. The van der Waals surface area contributed by atoms with Gasteiger partial charge in [0, 0.05) is 24.9 Å². The second kappa shape index (κ2) is 8.68. The molecule has 1 N–H and O–H groups in total. The molecule has 0 saturated heterocycles. The average molecular weight is 431 g/mol. The lowest BCUT2D eigenvalue weighted by Crippen LogP contribution is -2.41. The second-order valence-electron chi connectivity index (χ2n) is 8.45. The molecule has 0 aromatic heterocycles. The van der Waals surface area contributed by atoms with Crippen molar-refractivity contribution < 1.29 is 17.9 Å². The summed E-state index contributed by atoms with van der Waals surface area (Å²) in [5, 5.41) is 3.11. The van der Waals surface area contributed by atoms with Gasteiger partial charge in [-0.1, -0.05) is 36.4 Å². The molecule has 6 nitrogen and oxygen atoms in total. The molecule has 0 saturated carbocycles. The fourth-order valence-corrected chi connectivity index (χ4v) is 4.91. The maximum absolute atomic E-state index is 12.6. The van der Waals surface area contributed by atoms with E-state index in [9.17, 15) is 13.2 Å². The van der Waals surface area contributed by atoms with Crippen LogP contribution in [0.4, 0.5) is 5.69 Å². The van der Waals surface area contributed by atoms with Crippen LogP contribution in [0.1, 0.15) is 50.3 Å². The van der Waals surface area contributed by atoms with Crippen LogP contribution in [0.3, 0.4) is 0 Å². The van der Waals surface area contributed by atoms with Crippen molar-refractivity contribution in [1.29, 1.82) is 0 Å². The lowest BCUT2D eigenvalue weighted by Gasteiger charge is -2.37. The first kappa shape index (κ1) is 22.2. The molecule has 1 aliphatic heterocycles. The van der Waals surface area contributed by atoms with Crippen molar-refractivity contribution in [1.82, 2.24) is 5.32 Å². The van der Waals surface area contributed by atoms with Gasteiger partial charge < -0.3 is 10.1 Å². The van der Waals surface area contributed by atoms with Crippen LogP contribution in [0.2, 0.25) is 0 Å². The van der Waals surface area contributed by atoms with Crippen LogP contribution in [0.25, 0.3) is 0 Å². The van der Waals surface area contributed by atoms with Crippen LogP contribution in [-0.4, -0.2) is 32.7 Å². The Labute approximate surface area is 179 Å². The third-order valence-corrected chi connectivity index (χ3v) is 6.44. The first-order chi connectivity index (χ1) is 14.1. The molecule has 1 heterocycles. The highest BCUT2D eigenvalue weighted by molar-refractivity contribution is 7.92. The second-order valence-corrected chi connectivity index (χ2v) is 10.4. The Morgan fingerprint density at radius 2 is 1.83 bits per heavy atom. The monoisotopic (exact) mass is 430 g/mol. The zero-order chi connectivity index (χ0) is 21.9. The van der Waals surface area contributed by atoms with Crippen molar-refractivity contribution in [2.24, 2.45) is 0 Å². The van der Waals surface area contributed by atoms with Crippen molar-refractivity contribution in [2.45, 2.75) is 51.7 Å². The van der Waals surface area contributed by atoms with Gasteiger partial charge >= 0.3 is 0 Å². The van der Waals surface area contributed by atoms with Gasteiger partial charge in [-0.25, -0.2) is 8.42 Å². The highest BCUT2D eigenvalue weighted by Gasteiger charge is 2.34. The number of carbonyl (C=O) groups is 1. The van der Waals surface area contributed by atoms with Gasteiger partial charge in [0.15, 0.2) is 0 Å². The Morgan fingerprint density at radius 1 is 1.17 bits per heavy atom. The predicted molar refractivity (Wildman–Crippen MR) is 119 cm³/mol. The van der Waals surface area contributed by atoms with Crippen LogP contribution < -0.4 is 14.4 Å². The van der Waals surface area contributed by atoms with Crippen LogP contribution in [0.5, 0.6) is 5.75 Å². The minimum atomic E-state index is -3.44. The summed E-state index contributed by atoms with van der Waals surface area (Å²) in [6, 6.07) is 15.0. The number of anilines is 1. The van der Waals surface area contributed by atoms with E-state index in [0.29, 0.717) is 18.5 Å². The molecule has 2 aromatic rings. The minimum absolute atomic E-state index is 0.0919. The number of nitrogens with one attached hydrogen (secondary N) is 1. The molecule has 0 fully saturated rings. The fourth-order valence-electron chi connectivity index (χ4n) is 3.89.